The van der Waals surface area contributed by atoms with Crippen LogP contribution in [0.4, 0.5) is 0 Å². The number of thioether (sulfide) groups is 1. The van der Waals surface area contributed by atoms with Gasteiger partial charge >= 0.3 is 0 Å². The Morgan fingerprint density at radius 2 is 2.27 bits per heavy atom. The van der Waals surface area contributed by atoms with Crippen LogP contribution >= 0.6 is 23.4 Å². The van der Waals surface area contributed by atoms with Crippen LogP contribution in [-0.2, 0) is 0 Å². The van der Waals surface area contributed by atoms with E-state index in [1.807, 2.05) is 24.0 Å². The molecule has 1 aliphatic heterocycles. The Labute approximate surface area is 98.6 Å². The number of carbonyl (C=O) groups is 1. The number of rotatable bonds is 1. The van der Waals surface area contributed by atoms with E-state index in [2.05, 4.69) is 0 Å². The van der Waals surface area contributed by atoms with Gasteiger partial charge in [0.2, 0.25) is 0 Å². The zero-order valence-electron chi connectivity index (χ0n) is 8.44. The largest absolute Gasteiger partial charge is 0.326 e. The number of hydrogen-bond donors (Lipinski definition) is 0. The average Bonchev–Trinajstić information content (AvgIpc) is 2.64. The lowest BCUT2D eigenvalue weighted by Gasteiger charge is -2.20. The fourth-order valence-electron chi connectivity index (χ4n) is 1.65. The van der Waals surface area contributed by atoms with Crippen molar-refractivity contribution in [2.45, 2.75) is 12.3 Å². The predicted molar refractivity (Wildman–Crippen MR) is 64.4 cm³/mol. The monoisotopic (exact) mass is 241 g/mol. The highest BCUT2D eigenvalue weighted by Gasteiger charge is 2.27. The van der Waals surface area contributed by atoms with Gasteiger partial charge in [-0.3, -0.25) is 4.79 Å². The van der Waals surface area contributed by atoms with E-state index in [1.54, 1.807) is 23.9 Å². The van der Waals surface area contributed by atoms with E-state index < -0.39 is 0 Å². The van der Waals surface area contributed by atoms with Crippen molar-refractivity contribution in [3.8, 4) is 0 Å². The normalized spacial score (nSPS) is 20.7. The maximum absolute atomic E-state index is 12.1. The molecule has 0 saturated carbocycles. The Morgan fingerprint density at radius 3 is 2.87 bits per heavy atom. The molecule has 4 heteroatoms. The summed E-state index contributed by atoms with van der Waals surface area (Å²) in [6.45, 7) is 2.86. The van der Waals surface area contributed by atoms with Gasteiger partial charge in [0, 0.05) is 12.3 Å². The van der Waals surface area contributed by atoms with E-state index >= 15 is 0 Å². The molecule has 0 spiro atoms. The van der Waals surface area contributed by atoms with Crippen LogP contribution < -0.4 is 0 Å². The third-order valence-electron chi connectivity index (χ3n) is 2.50. The summed E-state index contributed by atoms with van der Waals surface area (Å²) in [5.41, 5.74) is 0.605. The molecular weight excluding hydrogens is 230 g/mol. The minimum atomic E-state index is 0.0399. The van der Waals surface area contributed by atoms with Crippen LogP contribution in [0.5, 0.6) is 0 Å². The lowest BCUT2D eigenvalue weighted by molar-refractivity contribution is 0.0769. The van der Waals surface area contributed by atoms with Crippen molar-refractivity contribution in [1.29, 1.82) is 0 Å². The van der Waals surface area contributed by atoms with E-state index in [4.69, 9.17) is 11.6 Å². The molecular formula is C11H12ClNOS. The lowest BCUT2D eigenvalue weighted by Crippen LogP contribution is -2.33. The zero-order chi connectivity index (χ0) is 10.8. The van der Waals surface area contributed by atoms with Gasteiger partial charge in [-0.25, -0.2) is 0 Å². The summed E-state index contributed by atoms with van der Waals surface area (Å²) in [4.78, 5) is 14.0. The van der Waals surface area contributed by atoms with Crippen LogP contribution in [0.2, 0.25) is 5.02 Å². The Balaban J connectivity index is 2.24. The summed E-state index contributed by atoms with van der Waals surface area (Å²) in [5, 5.41) is 0.792. The molecule has 1 amide bonds. The van der Waals surface area contributed by atoms with Gasteiger partial charge in [-0.1, -0.05) is 23.7 Å². The van der Waals surface area contributed by atoms with E-state index in [9.17, 15) is 4.79 Å². The number of nitrogens with zero attached hydrogens (tertiary/aromatic N) is 1. The van der Waals surface area contributed by atoms with Gasteiger partial charge < -0.3 is 4.90 Å². The fourth-order valence-corrected chi connectivity index (χ4v) is 2.89. The quantitative estimate of drug-likeness (QED) is 0.754. The molecule has 1 aliphatic rings. The molecule has 2 rings (SSSR count). The molecule has 0 N–H and O–H groups in total. The molecule has 1 saturated heterocycles. The highest BCUT2D eigenvalue weighted by Crippen LogP contribution is 2.26. The molecule has 1 aromatic rings. The van der Waals surface area contributed by atoms with Crippen molar-refractivity contribution in [2.75, 3.05) is 12.3 Å². The van der Waals surface area contributed by atoms with Crippen LogP contribution in [0, 0.1) is 0 Å². The maximum atomic E-state index is 12.1. The van der Waals surface area contributed by atoms with Crippen molar-refractivity contribution in [3.63, 3.8) is 0 Å². The summed E-state index contributed by atoms with van der Waals surface area (Å²) in [6, 6.07) is 7.21. The SMILES string of the molecule is CC1SCCN1C(=O)c1ccccc1Cl. The van der Waals surface area contributed by atoms with Gasteiger partial charge in [0.05, 0.1) is 16.0 Å². The zero-order valence-corrected chi connectivity index (χ0v) is 10.0. The van der Waals surface area contributed by atoms with Gasteiger partial charge in [-0.2, -0.15) is 0 Å². The number of hydrogen-bond acceptors (Lipinski definition) is 2. The fraction of sp³-hybridized carbons (Fsp3) is 0.364. The van der Waals surface area contributed by atoms with Crippen molar-refractivity contribution in [1.82, 2.24) is 4.90 Å². The number of halogens is 1. The number of carbonyl (C=O) groups excluding carboxylic acids is 1. The van der Waals surface area contributed by atoms with Crippen LogP contribution in [0.1, 0.15) is 17.3 Å². The van der Waals surface area contributed by atoms with Crippen molar-refractivity contribution in [2.24, 2.45) is 0 Å². The molecule has 0 aliphatic carbocycles. The molecule has 0 radical (unpaired) electrons. The second-order valence-corrected chi connectivity index (χ2v) is 5.28. The molecule has 1 fully saturated rings. The molecule has 1 atom stereocenters. The molecule has 0 aromatic heterocycles. The summed E-state index contributed by atoms with van der Waals surface area (Å²) in [5.74, 6) is 1.05. The van der Waals surface area contributed by atoms with Crippen LogP contribution in [-0.4, -0.2) is 28.5 Å². The first-order valence-corrected chi connectivity index (χ1v) is 6.30. The van der Waals surface area contributed by atoms with Gasteiger partial charge in [0.1, 0.15) is 0 Å². The van der Waals surface area contributed by atoms with Crippen molar-refractivity contribution in [3.05, 3.63) is 34.9 Å². The second kappa shape index (κ2) is 4.45. The van der Waals surface area contributed by atoms with Gasteiger partial charge in [-0.05, 0) is 19.1 Å². The van der Waals surface area contributed by atoms with Crippen LogP contribution in [0.3, 0.4) is 0 Å². The first-order chi connectivity index (χ1) is 7.20. The van der Waals surface area contributed by atoms with Gasteiger partial charge in [0.25, 0.3) is 5.91 Å². The predicted octanol–water partition coefficient (Wildman–Crippen LogP) is 2.88. The van der Waals surface area contributed by atoms with Crippen LogP contribution in [0.15, 0.2) is 24.3 Å². The van der Waals surface area contributed by atoms with Crippen molar-refractivity contribution >= 4 is 29.3 Å². The van der Waals surface area contributed by atoms with Crippen molar-refractivity contribution < 1.29 is 4.79 Å². The lowest BCUT2D eigenvalue weighted by atomic mass is 10.2. The smallest absolute Gasteiger partial charge is 0.256 e. The molecule has 15 heavy (non-hydrogen) atoms. The van der Waals surface area contributed by atoms with E-state index in [0.717, 1.165) is 12.3 Å². The molecule has 1 aromatic carbocycles. The first-order valence-electron chi connectivity index (χ1n) is 4.87. The third kappa shape index (κ3) is 2.13. The second-order valence-electron chi connectivity index (χ2n) is 3.45. The Hall–Kier alpha value is -0.670. The summed E-state index contributed by atoms with van der Waals surface area (Å²) >= 11 is 7.79. The molecule has 1 unspecified atom stereocenters. The molecule has 1 heterocycles. The summed E-state index contributed by atoms with van der Waals surface area (Å²) < 4.78 is 0. The standard InChI is InChI=1S/C11H12ClNOS/c1-8-13(6-7-15-8)11(14)9-4-2-3-5-10(9)12/h2-5,8H,6-7H2,1H3. The van der Waals surface area contributed by atoms with Crippen LogP contribution in [0.25, 0.3) is 0 Å². The molecule has 2 nitrogen and oxygen atoms in total. The van der Waals surface area contributed by atoms with Gasteiger partial charge in [0.15, 0.2) is 0 Å². The Bertz CT molecular complexity index is 383. The maximum Gasteiger partial charge on any atom is 0.256 e. The third-order valence-corrected chi connectivity index (χ3v) is 3.98. The Kier molecular flexibility index (Phi) is 3.22. The number of benzene rings is 1. The first kappa shape index (κ1) is 10.8. The highest BCUT2D eigenvalue weighted by atomic mass is 35.5. The molecule has 0 bridgehead atoms. The minimum absolute atomic E-state index is 0.0399. The van der Waals surface area contributed by atoms with E-state index in [-0.39, 0.29) is 11.3 Å². The van der Waals surface area contributed by atoms with E-state index in [1.165, 1.54) is 0 Å². The van der Waals surface area contributed by atoms with Gasteiger partial charge in [-0.15, -0.1) is 11.8 Å². The minimum Gasteiger partial charge on any atom is -0.326 e. The summed E-state index contributed by atoms with van der Waals surface area (Å²) in [7, 11) is 0. The highest BCUT2D eigenvalue weighted by molar-refractivity contribution is 8.00. The summed E-state index contributed by atoms with van der Waals surface area (Å²) in [6.07, 6.45) is 0. The molecule has 80 valence electrons. The van der Waals surface area contributed by atoms with E-state index in [0.29, 0.717) is 10.6 Å². The Morgan fingerprint density at radius 1 is 1.53 bits per heavy atom. The topological polar surface area (TPSA) is 20.3 Å². The number of amides is 1. The average molecular weight is 242 g/mol.